The minimum atomic E-state index is -4.34. The number of nitrogens with zero attached hydrogens (tertiary/aromatic N) is 3. The SMILES string of the molecule is O=c1nc(SCc2ccc(C(F)(F)F)cc2)c2c(n1Cc1cccnc1)CCC2. The first-order valence-corrected chi connectivity index (χ1v) is 10.2. The lowest BCUT2D eigenvalue weighted by atomic mass is 10.1. The minimum Gasteiger partial charge on any atom is -0.291 e. The van der Waals surface area contributed by atoms with Crippen LogP contribution in [-0.2, 0) is 31.3 Å². The molecular formula is C21H18F3N3OS. The van der Waals surface area contributed by atoms with Gasteiger partial charge in [-0.15, -0.1) is 11.8 Å². The Morgan fingerprint density at radius 3 is 2.55 bits per heavy atom. The Morgan fingerprint density at radius 1 is 1.07 bits per heavy atom. The molecule has 0 unspecified atom stereocenters. The van der Waals surface area contributed by atoms with Gasteiger partial charge in [0.2, 0.25) is 0 Å². The molecule has 0 aliphatic heterocycles. The second-order valence-corrected chi connectivity index (χ2v) is 7.87. The summed E-state index contributed by atoms with van der Waals surface area (Å²) in [5.41, 5.74) is 2.81. The van der Waals surface area contributed by atoms with Crippen LogP contribution in [0.1, 0.15) is 34.4 Å². The highest BCUT2D eigenvalue weighted by atomic mass is 32.2. The number of hydrogen-bond donors (Lipinski definition) is 0. The number of halogens is 3. The Labute approximate surface area is 169 Å². The quantitative estimate of drug-likeness (QED) is 0.454. The summed E-state index contributed by atoms with van der Waals surface area (Å²) in [4.78, 5) is 21.0. The van der Waals surface area contributed by atoms with Crippen molar-refractivity contribution in [3.05, 3.63) is 87.2 Å². The molecule has 0 atom stereocenters. The van der Waals surface area contributed by atoms with E-state index < -0.39 is 11.7 Å². The van der Waals surface area contributed by atoms with Gasteiger partial charge >= 0.3 is 11.9 Å². The van der Waals surface area contributed by atoms with Crippen molar-refractivity contribution in [1.82, 2.24) is 14.5 Å². The van der Waals surface area contributed by atoms with Crippen LogP contribution >= 0.6 is 11.8 Å². The van der Waals surface area contributed by atoms with Crippen LogP contribution in [0.2, 0.25) is 0 Å². The Bertz CT molecular complexity index is 1060. The third kappa shape index (κ3) is 4.37. The smallest absolute Gasteiger partial charge is 0.291 e. The van der Waals surface area contributed by atoms with Crippen LogP contribution in [-0.4, -0.2) is 14.5 Å². The number of pyridine rings is 1. The fourth-order valence-electron chi connectivity index (χ4n) is 3.48. The van der Waals surface area contributed by atoms with Crippen LogP contribution in [0.15, 0.2) is 58.6 Å². The highest BCUT2D eigenvalue weighted by Crippen LogP contribution is 2.33. The lowest BCUT2D eigenvalue weighted by molar-refractivity contribution is -0.137. The number of hydrogen-bond acceptors (Lipinski definition) is 4. The average molecular weight is 417 g/mol. The van der Waals surface area contributed by atoms with Crippen LogP contribution in [0.3, 0.4) is 0 Å². The van der Waals surface area contributed by atoms with Crippen molar-refractivity contribution < 1.29 is 13.2 Å². The lowest BCUT2D eigenvalue weighted by Gasteiger charge is -2.14. The first-order chi connectivity index (χ1) is 13.9. The molecule has 2 heterocycles. The van der Waals surface area contributed by atoms with Crippen LogP contribution < -0.4 is 5.69 Å². The highest BCUT2D eigenvalue weighted by Gasteiger charge is 2.30. The first kappa shape index (κ1) is 19.7. The molecular weight excluding hydrogens is 399 g/mol. The van der Waals surface area contributed by atoms with Crippen LogP contribution in [0, 0.1) is 0 Å². The van der Waals surface area contributed by atoms with Crippen molar-refractivity contribution in [3.8, 4) is 0 Å². The molecule has 0 bridgehead atoms. The molecule has 0 fully saturated rings. The van der Waals surface area contributed by atoms with E-state index in [-0.39, 0.29) is 5.69 Å². The third-order valence-electron chi connectivity index (χ3n) is 4.92. The van der Waals surface area contributed by atoms with E-state index in [1.165, 1.54) is 23.9 Å². The number of alkyl halides is 3. The molecule has 29 heavy (non-hydrogen) atoms. The van der Waals surface area contributed by atoms with E-state index >= 15 is 0 Å². The molecule has 1 aliphatic rings. The van der Waals surface area contributed by atoms with Gasteiger partial charge in [-0.05, 0) is 48.6 Å². The number of benzene rings is 1. The van der Waals surface area contributed by atoms with Gasteiger partial charge in [-0.1, -0.05) is 18.2 Å². The molecule has 4 rings (SSSR count). The monoisotopic (exact) mass is 417 g/mol. The largest absolute Gasteiger partial charge is 0.416 e. The van der Waals surface area contributed by atoms with E-state index in [0.717, 1.165) is 53.8 Å². The molecule has 1 aromatic carbocycles. The van der Waals surface area contributed by atoms with Crippen molar-refractivity contribution in [1.29, 1.82) is 0 Å². The summed E-state index contributed by atoms with van der Waals surface area (Å²) < 4.78 is 39.8. The number of aromatic nitrogens is 3. The zero-order valence-corrected chi connectivity index (χ0v) is 16.3. The van der Waals surface area contributed by atoms with E-state index in [2.05, 4.69) is 9.97 Å². The molecule has 150 valence electrons. The lowest BCUT2D eigenvalue weighted by Crippen LogP contribution is -2.27. The van der Waals surface area contributed by atoms with Gasteiger partial charge in [0.25, 0.3) is 0 Å². The molecule has 0 amide bonds. The van der Waals surface area contributed by atoms with Gasteiger partial charge in [0.05, 0.1) is 12.1 Å². The van der Waals surface area contributed by atoms with Crippen LogP contribution in [0.5, 0.6) is 0 Å². The van der Waals surface area contributed by atoms with Gasteiger partial charge in [0.15, 0.2) is 0 Å². The summed E-state index contributed by atoms with van der Waals surface area (Å²) in [6.45, 7) is 0.436. The van der Waals surface area contributed by atoms with E-state index in [1.807, 2.05) is 12.1 Å². The fourth-order valence-corrected chi connectivity index (χ4v) is 4.52. The van der Waals surface area contributed by atoms with Crippen LogP contribution in [0.25, 0.3) is 0 Å². The van der Waals surface area contributed by atoms with E-state index in [4.69, 9.17) is 0 Å². The summed E-state index contributed by atoms with van der Waals surface area (Å²) in [6.07, 6.45) is 1.72. The van der Waals surface area contributed by atoms with Gasteiger partial charge < -0.3 is 0 Å². The summed E-state index contributed by atoms with van der Waals surface area (Å²) >= 11 is 1.40. The fraction of sp³-hybridized carbons (Fsp3) is 0.286. The normalized spacial score (nSPS) is 13.5. The number of thioether (sulfide) groups is 1. The molecule has 0 N–H and O–H groups in total. The molecule has 0 saturated carbocycles. The Morgan fingerprint density at radius 2 is 1.86 bits per heavy atom. The standard InChI is InChI=1S/C21H18F3N3OS/c22-21(23,24)16-8-6-14(7-9-16)13-29-19-17-4-1-5-18(17)27(20(28)26-19)12-15-3-2-10-25-11-15/h2-3,6-11H,1,4-5,12-13H2. The van der Waals surface area contributed by atoms with Crippen molar-refractivity contribution >= 4 is 11.8 Å². The summed E-state index contributed by atoms with van der Waals surface area (Å²) in [6, 6.07) is 8.87. The second-order valence-electron chi connectivity index (χ2n) is 6.91. The molecule has 1 aliphatic carbocycles. The molecule has 0 spiro atoms. The topological polar surface area (TPSA) is 47.8 Å². The maximum absolute atomic E-state index is 12.7. The molecule has 3 aromatic rings. The molecule has 4 nitrogen and oxygen atoms in total. The number of rotatable bonds is 5. The molecule has 0 radical (unpaired) electrons. The van der Waals surface area contributed by atoms with Crippen molar-refractivity contribution in [2.75, 3.05) is 0 Å². The van der Waals surface area contributed by atoms with Gasteiger partial charge in [-0.2, -0.15) is 18.2 Å². The highest BCUT2D eigenvalue weighted by molar-refractivity contribution is 7.98. The van der Waals surface area contributed by atoms with Crippen molar-refractivity contribution in [2.24, 2.45) is 0 Å². The Balaban J connectivity index is 1.55. The molecule has 2 aromatic heterocycles. The zero-order valence-electron chi connectivity index (χ0n) is 15.4. The third-order valence-corrected chi connectivity index (χ3v) is 6.01. The maximum atomic E-state index is 12.7. The molecule has 8 heteroatoms. The summed E-state index contributed by atoms with van der Waals surface area (Å²) in [7, 11) is 0. The van der Waals surface area contributed by atoms with E-state index in [1.54, 1.807) is 17.0 Å². The number of fused-ring (bicyclic) bond motifs is 1. The van der Waals surface area contributed by atoms with E-state index in [9.17, 15) is 18.0 Å². The first-order valence-electron chi connectivity index (χ1n) is 9.22. The maximum Gasteiger partial charge on any atom is 0.416 e. The predicted molar refractivity (Wildman–Crippen MR) is 105 cm³/mol. The van der Waals surface area contributed by atoms with E-state index in [0.29, 0.717) is 17.3 Å². The van der Waals surface area contributed by atoms with Gasteiger partial charge in [0.1, 0.15) is 5.03 Å². The van der Waals surface area contributed by atoms with Crippen molar-refractivity contribution in [3.63, 3.8) is 0 Å². The second kappa shape index (κ2) is 8.02. The van der Waals surface area contributed by atoms with Crippen LogP contribution in [0.4, 0.5) is 13.2 Å². The predicted octanol–water partition coefficient (Wildman–Crippen LogP) is 4.49. The minimum absolute atomic E-state index is 0.301. The Kier molecular flexibility index (Phi) is 5.45. The van der Waals surface area contributed by atoms with Gasteiger partial charge in [0, 0.05) is 29.4 Å². The van der Waals surface area contributed by atoms with Crippen molar-refractivity contribution in [2.45, 2.75) is 42.8 Å². The zero-order chi connectivity index (χ0) is 20.4. The summed E-state index contributed by atoms with van der Waals surface area (Å²) in [5, 5.41) is 0.685. The summed E-state index contributed by atoms with van der Waals surface area (Å²) in [5.74, 6) is 0.462. The Hall–Kier alpha value is -2.61. The molecule has 0 saturated heterocycles. The van der Waals surface area contributed by atoms with Gasteiger partial charge in [-0.25, -0.2) is 4.79 Å². The van der Waals surface area contributed by atoms with Gasteiger partial charge in [-0.3, -0.25) is 9.55 Å². The average Bonchev–Trinajstić information content (AvgIpc) is 3.19.